The standard InChI is InChI=1S/C18H24FN3O3/c19-14-4-1-3-13(9-14)16(23)10-17(24)21-7-2-5-15(12-21)22-8-6-20-11-18(22)25/h1,3-4,9,15-16,20,23H,2,5-8,10-12H2/t15-,16-/m0/s1. The number of aliphatic hydroxyl groups excluding tert-OH is 1. The Bertz CT molecular complexity index is 640. The van der Waals surface area contributed by atoms with Crippen LogP contribution in [0, 0.1) is 5.82 Å². The van der Waals surface area contributed by atoms with E-state index in [0.29, 0.717) is 31.7 Å². The second-order valence-corrected chi connectivity index (χ2v) is 6.67. The van der Waals surface area contributed by atoms with Crippen molar-refractivity contribution >= 4 is 11.8 Å². The summed E-state index contributed by atoms with van der Waals surface area (Å²) in [5.41, 5.74) is 0.402. The minimum atomic E-state index is -1.02. The van der Waals surface area contributed by atoms with Gasteiger partial charge >= 0.3 is 0 Å². The average Bonchev–Trinajstić information content (AvgIpc) is 2.62. The zero-order valence-corrected chi connectivity index (χ0v) is 14.2. The zero-order chi connectivity index (χ0) is 17.8. The molecule has 0 unspecified atom stereocenters. The zero-order valence-electron chi connectivity index (χ0n) is 14.2. The van der Waals surface area contributed by atoms with Crippen LogP contribution in [0.25, 0.3) is 0 Å². The van der Waals surface area contributed by atoms with E-state index >= 15 is 0 Å². The lowest BCUT2D eigenvalue weighted by Crippen LogP contribution is -2.57. The molecule has 2 N–H and O–H groups in total. The summed E-state index contributed by atoms with van der Waals surface area (Å²) in [6, 6.07) is 5.72. The van der Waals surface area contributed by atoms with Crippen LogP contribution in [0.15, 0.2) is 24.3 Å². The van der Waals surface area contributed by atoms with Crippen molar-refractivity contribution in [3.63, 3.8) is 0 Å². The number of aliphatic hydroxyl groups is 1. The van der Waals surface area contributed by atoms with Gasteiger partial charge in [-0.25, -0.2) is 4.39 Å². The summed E-state index contributed by atoms with van der Waals surface area (Å²) in [6.07, 6.45) is 0.626. The van der Waals surface area contributed by atoms with Crippen LogP contribution in [0.5, 0.6) is 0 Å². The first-order valence-corrected chi connectivity index (χ1v) is 8.76. The third-order valence-electron chi connectivity index (χ3n) is 4.92. The summed E-state index contributed by atoms with van der Waals surface area (Å²) in [5.74, 6) is -0.520. The summed E-state index contributed by atoms with van der Waals surface area (Å²) in [6.45, 7) is 2.92. The van der Waals surface area contributed by atoms with Gasteiger partial charge < -0.3 is 20.2 Å². The minimum absolute atomic E-state index is 0.0404. The molecule has 1 aromatic rings. The molecule has 0 aromatic heterocycles. The number of piperazine rings is 1. The Morgan fingerprint density at radius 3 is 3.00 bits per heavy atom. The molecule has 2 atom stereocenters. The Kier molecular flexibility index (Phi) is 5.65. The van der Waals surface area contributed by atoms with E-state index in [2.05, 4.69) is 5.32 Å². The molecule has 2 saturated heterocycles. The summed E-state index contributed by atoms with van der Waals surface area (Å²) in [4.78, 5) is 28.2. The number of piperidine rings is 1. The molecule has 2 fully saturated rings. The van der Waals surface area contributed by atoms with Crippen LogP contribution >= 0.6 is 0 Å². The number of nitrogens with one attached hydrogen (secondary N) is 1. The molecule has 2 aliphatic heterocycles. The van der Waals surface area contributed by atoms with E-state index in [1.807, 2.05) is 4.90 Å². The molecule has 1 aromatic carbocycles. The quantitative estimate of drug-likeness (QED) is 0.838. The summed E-state index contributed by atoms with van der Waals surface area (Å²) >= 11 is 0. The van der Waals surface area contributed by atoms with Crippen LogP contribution in [0.4, 0.5) is 4.39 Å². The van der Waals surface area contributed by atoms with Crippen molar-refractivity contribution in [2.75, 3.05) is 32.7 Å². The highest BCUT2D eigenvalue weighted by Gasteiger charge is 2.32. The first-order chi connectivity index (χ1) is 12.0. The van der Waals surface area contributed by atoms with Crippen LogP contribution in [0.1, 0.15) is 30.9 Å². The van der Waals surface area contributed by atoms with Crippen molar-refractivity contribution in [1.29, 1.82) is 0 Å². The van der Waals surface area contributed by atoms with Crippen molar-refractivity contribution in [2.24, 2.45) is 0 Å². The Morgan fingerprint density at radius 2 is 2.24 bits per heavy atom. The van der Waals surface area contributed by atoms with E-state index in [9.17, 15) is 19.1 Å². The van der Waals surface area contributed by atoms with Gasteiger partial charge in [-0.1, -0.05) is 12.1 Å². The largest absolute Gasteiger partial charge is 0.388 e. The van der Waals surface area contributed by atoms with Gasteiger partial charge in [0, 0.05) is 32.2 Å². The fraction of sp³-hybridized carbons (Fsp3) is 0.556. The third-order valence-corrected chi connectivity index (χ3v) is 4.92. The number of rotatable bonds is 4. The van der Waals surface area contributed by atoms with Gasteiger partial charge in [0.1, 0.15) is 5.82 Å². The molecule has 2 aliphatic rings. The monoisotopic (exact) mass is 349 g/mol. The predicted molar refractivity (Wildman–Crippen MR) is 90.2 cm³/mol. The summed E-state index contributed by atoms with van der Waals surface area (Å²) in [7, 11) is 0. The lowest BCUT2D eigenvalue weighted by atomic mass is 10.0. The molecule has 0 spiro atoms. The summed E-state index contributed by atoms with van der Waals surface area (Å²) in [5, 5.41) is 13.3. The number of likely N-dealkylation sites (tertiary alicyclic amines) is 1. The van der Waals surface area contributed by atoms with Gasteiger partial charge in [0.2, 0.25) is 11.8 Å². The molecule has 0 saturated carbocycles. The van der Waals surface area contributed by atoms with Gasteiger partial charge in [-0.3, -0.25) is 9.59 Å². The first kappa shape index (κ1) is 17.8. The fourth-order valence-corrected chi connectivity index (χ4v) is 3.57. The molecular weight excluding hydrogens is 325 g/mol. The van der Waals surface area contributed by atoms with Crippen LogP contribution in [-0.4, -0.2) is 65.5 Å². The van der Waals surface area contributed by atoms with Gasteiger partial charge in [0.05, 0.1) is 19.1 Å². The number of carbonyl (C=O) groups is 2. The van der Waals surface area contributed by atoms with Crippen molar-refractivity contribution in [3.8, 4) is 0 Å². The van der Waals surface area contributed by atoms with Crippen molar-refractivity contribution in [3.05, 3.63) is 35.6 Å². The van der Waals surface area contributed by atoms with Crippen LogP contribution in [0.3, 0.4) is 0 Å². The summed E-state index contributed by atoms with van der Waals surface area (Å²) < 4.78 is 13.3. The number of hydrogen-bond acceptors (Lipinski definition) is 4. The van der Waals surface area contributed by atoms with E-state index in [-0.39, 0.29) is 24.3 Å². The highest BCUT2D eigenvalue weighted by Crippen LogP contribution is 2.22. The second kappa shape index (κ2) is 7.93. The van der Waals surface area contributed by atoms with E-state index in [1.165, 1.54) is 18.2 Å². The van der Waals surface area contributed by atoms with Crippen LogP contribution in [-0.2, 0) is 9.59 Å². The number of hydrogen-bond donors (Lipinski definition) is 2. The Balaban J connectivity index is 1.59. The van der Waals surface area contributed by atoms with Gasteiger partial charge in [-0.15, -0.1) is 0 Å². The van der Waals surface area contributed by atoms with Crippen LogP contribution < -0.4 is 5.32 Å². The SMILES string of the molecule is O=C(C[C@H](O)c1cccc(F)c1)N1CCC[C@H](N2CCNCC2=O)C1. The molecule has 136 valence electrons. The molecule has 2 amide bonds. The molecule has 2 heterocycles. The Hall–Kier alpha value is -1.99. The smallest absolute Gasteiger partial charge is 0.236 e. The molecule has 0 radical (unpaired) electrons. The molecule has 3 rings (SSSR count). The molecule has 0 aliphatic carbocycles. The first-order valence-electron chi connectivity index (χ1n) is 8.76. The number of amides is 2. The number of benzene rings is 1. The van der Waals surface area contributed by atoms with Crippen molar-refractivity contribution < 1.29 is 19.1 Å². The van der Waals surface area contributed by atoms with E-state index in [4.69, 9.17) is 0 Å². The number of nitrogens with zero attached hydrogens (tertiary/aromatic N) is 2. The maximum Gasteiger partial charge on any atom is 0.236 e. The number of carbonyl (C=O) groups excluding carboxylic acids is 2. The second-order valence-electron chi connectivity index (χ2n) is 6.67. The van der Waals surface area contributed by atoms with Crippen LogP contribution in [0.2, 0.25) is 0 Å². The highest BCUT2D eigenvalue weighted by molar-refractivity contribution is 5.80. The topological polar surface area (TPSA) is 72.9 Å². The average molecular weight is 349 g/mol. The lowest BCUT2D eigenvalue weighted by molar-refractivity contribution is -0.141. The highest BCUT2D eigenvalue weighted by atomic mass is 19.1. The Morgan fingerprint density at radius 1 is 1.40 bits per heavy atom. The van der Waals surface area contributed by atoms with Crippen molar-refractivity contribution in [1.82, 2.24) is 15.1 Å². The maximum absolute atomic E-state index is 13.3. The molecule has 25 heavy (non-hydrogen) atoms. The van der Waals surface area contributed by atoms with Crippen molar-refractivity contribution in [2.45, 2.75) is 31.4 Å². The maximum atomic E-state index is 13.3. The van der Waals surface area contributed by atoms with Gasteiger partial charge in [0.25, 0.3) is 0 Å². The lowest BCUT2D eigenvalue weighted by Gasteiger charge is -2.41. The van der Waals surface area contributed by atoms with E-state index in [1.54, 1.807) is 11.0 Å². The van der Waals surface area contributed by atoms with E-state index < -0.39 is 11.9 Å². The number of halogens is 1. The van der Waals surface area contributed by atoms with Gasteiger partial charge in [-0.05, 0) is 30.5 Å². The molecular formula is C18H24FN3O3. The Labute approximate surface area is 146 Å². The molecule has 7 heteroatoms. The van der Waals surface area contributed by atoms with Gasteiger partial charge in [0.15, 0.2) is 0 Å². The molecule has 6 nitrogen and oxygen atoms in total. The third kappa shape index (κ3) is 4.35. The fourth-order valence-electron chi connectivity index (χ4n) is 3.57. The predicted octanol–water partition coefficient (Wildman–Crippen LogP) is 0.672. The molecule has 0 bridgehead atoms. The minimum Gasteiger partial charge on any atom is -0.388 e. The van der Waals surface area contributed by atoms with E-state index in [0.717, 1.165) is 19.4 Å². The van der Waals surface area contributed by atoms with Gasteiger partial charge in [-0.2, -0.15) is 0 Å². The normalized spacial score (nSPS) is 22.8.